The van der Waals surface area contributed by atoms with Gasteiger partial charge in [0.2, 0.25) is 0 Å². The molecular weight excluding hydrogens is 378 g/mol. The fourth-order valence-electron chi connectivity index (χ4n) is 3.78. The molecule has 5 heteroatoms. The third-order valence-corrected chi connectivity index (χ3v) is 5.09. The molecule has 1 heterocycles. The average molecular weight is 399 g/mol. The van der Waals surface area contributed by atoms with Crippen LogP contribution in [0.3, 0.4) is 0 Å². The second-order valence-electron chi connectivity index (χ2n) is 7.48. The number of esters is 1. The van der Waals surface area contributed by atoms with Gasteiger partial charge in [-0.2, -0.15) is 0 Å². The van der Waals surface area contributed by atoms with Crippen molar-refractivity contribution >= 4 is 17.8 Å². The highest BCUT2D eigenvalue weighted by Crippen LogP contribution is 2.27. The standard InChI is InChI=1S/C25H21NO4/c1-16-12-17(2)14-19(13-16)30-25(29)22(15-18-8-4-3-5-9-18)26-23(27)20-10-6-7-11-21(20)24(26)28/h3-14,22H,15H2,1-2H3/t22-/m0/s1. The maximum absolute atomic E-state index is 13.2. The van der Waals surface area contributed by atoms with Gasteiger partial charge < -0.3 is 4.74 Å². The second kappa shape index (κ2) is 7.95. The van der Waals surface area contributed by atoms with E-state index in [4.69, 9.17) is 4.74 Å². The number of ether oxygens (including phenoxy) is 1. The number of benzene rings is 3. The molecule has 0 saturated heterocycles. The van der Waals surface area contributed by atoms with E-state index < -0.39 is 23.8 Å². The van der Waals surface area contributed by atoms with Gasteiger partial charge in [-0.25, -0.2) is 4.79 Å². The lowest BCUT2D eigenvalue weighted by Crippen LogP contribution is -2.48. The number of carbonyl (C=O) groups excluding carboxylic acids is 3. The summed E-state index contributed by atoms with van der Waals surface area (Å²) in [4.78, 5) is 40.2. The largest absolute Gasteiger partial charge is 0.425 e. The van der Waals surface area contributed by atoms with Gasteiger partial charge in [0.05, 0.1) is 11.1 Å². The van der Waals surface area contributed by atoms with Crippen LogP contribution in [0.25, 0.3) is 0 Å². The molecule has 0 saturated carbocycles. The van der Waals surface area contributed by atoms with Crippen molar-refractivity contribution in [1.82, 2.24) is 4.90 Å². The topological polar surface area (TPSA) is 63.7 Å². The first kappa shape index (κ1) is 19.6. The van der Waals surface area contributed by atoms with E-state index in [1.54, 1.807) is 36.4 Å². The van der Waals surface area contributed by atoms with E-state index in [1.807, 2.05) is 50.2 Å². The maximum Gasteiger partial charge on any atom is 0.335 e. The van der Waals surface area contributed by atoms with Crippen LogP contribution in [-0.4, -0.2) is 28.7 Å². The van der Waals surface area contributed by atoms with Crippen molar-refractivity contribution in [3.63, 3.8) is 0 Å². The minimum absolute atomic E-state index is 0.177. The summed E-state index contributed by atoms with van der Waals surface area (Å²) in [7, 11) is 0. The summed E-state index contributed by atoms with van der Waals surface area (Å²) in [5.74, 6) is -1.20. The Labute approximate surface area is 174 Å². The number of fused-ring (bicyclic) bond motifs is 1. The van der Waals surface area contributed by atoms with Crippen LogP contribution in [0.5, 0.6) is 5.75 Å². The van der Waals surface area contributed by atoms with Crippen molar-refractivity contribution < 1.29 is 19.1 Å². The molecule has 5 nitrogen and oxygen atoms in total. The van der Waals surface area contributed by atoms with E-state index in [-0.39, 0.29) is 6.42 Å². The number of nitrogens with zero attached hydrogens (tertiary/aromatic N) is 1. The molecule has 0 bridgehead atoms. The van der Waals surface area contributed by atoms with Crippen molar-refractivity contribution in [1.29, 1.82) is 0 Å². The molecule has 2 amide bonds. The Kier molecular flexibility index (Phi) is 5.19. The van der Waals surface area contributed by atoms with Crippen LogP contribution in [0.2, 0.25) is 0 Å². The van der Waals surface area contributed by atoms with E-state index in [1.165, 1.54) is 0 Å². The normalized spacial score (nSPS) is 13.9. The summed E-state index contributed by atoms with van der Waals surface area (Å²) in [6.07, 6.45) is 0.177. The first-order chi connectivity index (χ1) is 14.4. The highest BCUT2D eigenvalue weighted by atomic mass is 16.5. The zero-order chi connectivity index (χ0) is 21.3. The molecule has 0 fully saturated rings. The number of rotatable bonds is 5. The van der Waals surface area contributed by atoms with Gasteiger partial charge in [-0.1, -0.05) is 48.5 Å². The lowest BCUT2D eigenvalue weighted by Gasteiger charge is -2.24. The Morgan fingerprint density at radius 1 is 0.833 bits per heavy atom. The molecule has 0 N–H and O–H groups in total. The molecule has 0 aliphatic carbocycles. The van der Waals surface area contributed by atoms with Crippen molar-refractivity contribution in [2.45, 2.75) is 26.3 Å². The Balaban J connectivity index is 1.69. The van der Waals surface area contributed by atoms with Gasteiger partial charge in [-0.15, -0.1) is 0 Å². The Bertz CT molecular complexity index is 1080. The quantitative estimate of drug-likeness (QED) is 0.368. The van der Waals surface area contributed by atoms with Crippen LogP contribution in [0, 0.1) is 13.8 Å². The van der Waals surface area contributed by atoms with Crippen LogP contribution in [0.15, 0.2) is 72.8 Å². The SMILES string of the molecule is Cc1cc(C)cc(OC(=O)[C@H](Cc2ccccc2)N2C(=O)c3ccccc3C2=O)c1. The van der Waals surface area contributed by atoms with E-state index in [0.717, 1.165) is 21.6 Å². The van der Waals surface area contributed by atoms with Crippen LogP contribution < -0.4 is 4.74 Å². The van der Waals surface area contributed by atoms with E-state index in [0.29, 0.717) is 16.9 Å². The van der Waals surface area contributed by atoms with Gasteiger partial charge in [-0.3, -0.25) is 14.5 Å². The Morgan fingerprint density at radius 2 is 1.37 bits per heavy atom. The first-order valence-electron chi connectivity index (χ1n) is 9.75. The lowest BCUT2D eigenvalue weighted by atomic mass is 10.0. The van der Waals surface area contributed by atoms with Gasteiger partial charge in [0.15, 0.2) is 0 Å². The van der Waals surface area contributed by atoms with Crippen LogP contribution in [0.1, 0.15) is 37.4 Å². The zero-order valence-electron chi connectivity index (χ0n) is 16.8. The smallest absolute Gasteiger partial charge is 0.335 e. The fraction of sp³-hybridized carbons (Fsp3) is 0.160. The zero-order valence-corrected chi connectivity index (χ0v) is 16.8. The monoisotopic (exact) mass is 399 g/mol. The molecule has 0 radical (unpaired) electrons. The molecular formula is C25H21NO4. The van der Waals surface area contributed by atoms with Crippen molar-refractivity contribution in [2.24, 2.45) is 0 Å². The molecule has 0 aromatic heterocycles. The van der Waals surface area contributed by atoms with Crippen molar-refractivity contribution in [3.8, 4) is 5.75 Å². The van der Waals surface area contributed by atoms with Gasteiger partial charge in [0.25, 0.3) is 11.8 Å². The summed E-state index contributed by atoms with van der Waals surface area (Å²) in [5.41, 5.74) is 3.35. The van der Waals surface area contributed by atoms with Crippen LogP contribution >= 0.6 is 0 Å². The van der Waals surface area contributed by atoms with Crippen LogP contribution in [-0.2, 0) is 11.2 Å². The highest BCUT2D eigenvalue weighted by Gasteiger charge is 2.43. The summed E-state index contributed by atoms with van der Waals surface area (Å²) in [6.45, 7) is 3.83. The number of hydrogen-bond acceptors (Lipinski definition) is 4. The summed E-state index contributed by atoms with van der Waals surface area (Å²) >= 11 is 0. The van der Waals surface area contributed by atoms with Crippen molar-refractivity contribution in [3.05, 3.63) is 101 Å². The lowest BCUT2D eigenvalue weighted by molar-refractivity contribution is -0.138. The average Bonchev–Trinajstić information content (AvgIpc) is 2.97. The fourth-order valence-corrected chi connectivity index (χ4v) is 3.78. The predicted molar refractivity (Wildman–Crippen MR) is 112 cm³/mol. The third-order valence-electron chi connectivity index (χ3n) is 5.09. The molecule has 0 unspecified atom stereocenters. The number of hydrogen-bond donors (Lipinski definition) is 0. The summed E-state index contributed by atoms with van der Waals surface area (Å²) < 4.78 is 5.63. The molecule has 150 valence electrons. The minimum Gasteiger partial charge on any atom is -0.425 e. The molecule has 1 aliphatic rings. The molecule has 1 aliphatic heterocycles. The number of aryl methyl sites for hydroxylation is 2. The van der Waals surface area contributed by atoms with E-state index in [9.17, 15) is 14.4 Å². The number of amides is 2. The molecule has 0 spiro atoms. The van der Waals surface area contributed by atoms with Crippen molar-refractivity contribution in [2.75, 3.05) is 0 Å². The van der Waals surface area contributed by atoms with Gasteiger partial charge >= 0.3 is 5.97 Å². The number of carbonyl (C=O) groups is 3. The highest BCUT2D eigenvalue weighted by molar-refractivity contribution is 6.22. The molecule has 1 atom stereocenters. The van der Waals surface area contributed by atoms with E-state index in [2.05, 4.69) is 0 Å². The van der Waals surface area contributed by atoms with Crippen LogP contribution in [0.4, 0.5) is 0 Å². The third kappa shape index (κ3) is 3.74. The summed E-state index contributed by atoms with van der Waals surface area (Å²) in [6, 6.07) is 20.3. The Morgan fingerprint density at radius 3 is 1.93 bits per heavy atom. The second-order valence-corrected chi connectivity index (χ2v) is 7.48. The van der Waals surface area contributed by atoms with E-state index >= 15 is 0 Å². The summed E-state index contributed by atoms with van der Waals surface area (Å²) in [5, 5.41) is 0. The first-order valence-corrected chi connectivity index (χ1v) is 9.75. The van der Waals surface area contributed by atoms with Gasteiger partial charge in [0, 0.05) is 6.42 Å². The molecule has 3 aromatic carbocycles. The maximum atomic E-state index is 13.2. The van der Waals surface area contributed by atoms with Gasteiger partial charge in [0.1, 0.15) is 11.8 Å². The molecule has 4 rings (SSSR count). The minimum atomic E-state index is -1.07. The Hall–Kier alpha value is -3.73. The molecule has 30 heavy (non-hydrogen) atoms. The predicted octanol–water partition coefficient (Wildman–Crippen LogP) is 4.12. The van der Waals surface area contributed by atoms with Gasteiger partial charge in [-0.05, 0) is 54.8 Å². The number of imide groups is 1. The molecule has 3 aromatic rings.